The monoisotopic (exact) mass is 285 g/mol. The van der Waals surface area contributed by atoms with Crippen LogP contribution in [0.15, 0.2) is 30.5 Å². The summed E-state index contributed by atoms with van der Waals surface area (Å²) in [5.74, 6) is 1.68. The largest absolute Gasteiger partial charge is 0.494 e. The minimum absolute atomic E-state index is 0.287. The first kappa shape index (κ1) is 14.2. The Balaban J connectivity index is 1.69. The van der Waals surface area contributed by atoms with Crippen LogP contribution in [-0.4, -0.2) is 17.0 Å². The summed E-state index contributed by atoms with van der Waals surface area (Å²) in [6.45, 7) is 3.80. The van der Waals surface area contributed by atoms with Crippen LogP contribution in [0.4, 0.5) is 0 Å². The van der Waals surface area contributed by atoms with Gasteiger partial charge >= 0.3 is 0 Å². The Labute approximate surface area is 125 Å². The van der Waals surface area contributed by atoms with E-state index in [9.17, 15) is 4.79 Å². The number of ketones is 1. The third-order valence-electron chi connectivity index (χ3n) is 4.36. The maximum absolute atomic E-state index is 11.7. The number of carbonyl (C=O) groups is 1. The van der Waals surface area contributed by atoms with E-state index in [1.165, 1.54) is 10.9 Å². The lowest BCUT2D eigenvalue weighted by Crippen LogP contribution is -2.09. The minimum atomic E-state index is 0.287. The normalized spacial score (nSPS) is 18.5. The Morgan fingerprint density at radius 2 is 2.24 bits per heavy atom. The molecule has 1 aromatic carbocycles. The van der Waals surface area contributed by atoms with Crippen LogP contribution in [0.3, 0.4) is 0 Å². The second kappa shape index (κ2) is 6.33. The highest BCUT2D eigenvalue weighted by Crippen LogP contribution is 2.27. The van der Waals surface area contributed by atoms with Gasteiger partial charge in [0.15, 0.2) is 0 Å². The van der Waals surface area contributed by atoms with E-state index in [1.807, 2.05) is 6.07 Å². The predicted molar refractivity (Wildman–Crippen MR) is 84.7 cm³/mol. The molecule has 0 aliphatic heterocycles. The van der Waals surface area contributed by atoms with Crippen LogP contribution in [-0.2, 0) is 11.3 Å². The van der Waals surface area contributed by atoms with Crippen LogP contribution in [0.1, 0.15) is 39.0 Å². The first-order valence-electron chi connectivity index (χ1n) is 8.02. The summed E-state index contributed by atoms with van der Waals surface area (Å²) in [6, 6.07) is 8.39. The van der Waals surface area contributed by atoms with Gasteiger partial charge in [-0.1, -0.05) is 6.92 Å². The Hall–Kier alpha value is -1.77. The topological polar surface area (TPSA) is 31.2 Å². The number of hydrogen-bond donors (Lipinski definition) is 0. The smallest absolute Gasteiger partial charge is 0.136 e. The molecular weight excluding hydrogens is 262 g/mol. The van der Waals surface area contributed by atoms with Gasteiger partial charge in [0.25, 0.3) is 0 Å². The van der Waals surface area contributed by atoms with Crippen molar-refractivity contribution in [3.05, 3.63) is 30.5 Å². The van der Waals surface area contributed by atoms with E-state index >= 15 is 0 Å². The molecule has 0 radical (unpaired) electrons. The van der Waals surface area contributed by atoms with Crippen LogP contribution < -0.4 is 4.74 Å². The summed E-state index contributed by atoms with van der Waals surface area (Å²) in [6.07, 6.45) is 7.05. The maximum atomic E-state index is 11.7. The molecule has 3 nitrogen and oxygen atoms in total. The quantitative estimate of drug-likeness (QED) is 0.797. The van der Waals surface area contributed by atoms with E-state index in [1.54, 1.807) is 0 Å². The number of aromatic nitrogens is 1. The van der Waals surface area contributed by atoms with Crippen LogP contribution in [0.5, 0.6) is 5.75 Å². The Morgan fingerprint density at radius 1 is 1.33 bits per heavy atom. The number of hydrogen-bond acceptors (Lipinski definition) is 2. The highest BCUT2D eigenvalue weighted by molar-refractivity contribution is 5.83. The number of fused-ring (bicyclic) bond motifs is 1. The second-order valence-corrected chi connectivity index (χ2v) is 5.92. The molecule has 21 heavy (non-hydrogen) atoms. The predicted octanol–water partition coefficient (Wildman–Crippen LogP) is 4.19. The van der Waals surface area contributed by atoms with E-state index < -0.39 is 0 Å². The highest BCUT2D eigenvalue weighted by atomic mass is 16.5. The first-order valence-corrected chi connectivity index (χ1v) is 8.02. The molecule has 1 fully saturated rings. The molecule has 3 rings (SSSR count). The van der Waals surface area contributed by atoms with Crippen molar-refractivity contribution in [2.24, 2.45) is 5.92 Å². The Bertz CT molecular complexity index is 629. The lowest BCUT2D eigenvalue weighted by Gasteiger charge is -2.10. The molecule has 1 heterocycles. The molecular formula is C18H23NO2. The van der Waals surface area contributed by atoms with Gasteiger partial charge in [0.2, 0.25) is 0 Å². The summed E-state index contributed by atoms with van der Waals surface area (Å²) in [4.78, 5) is 11.7. The maximum Gasteiger partial charge on any atom is 0.136 e. The molecule has 0 saturated heterocycles. The molecule has 0 bridgehead atoms. The number of nitrogens with zero attached hydrogens (tertiary/aromatic N) is 1. The summed E-state index contributed by atoms with van der Waals surface area (Å²) in [7, 11) is 0. The van der Waals surface area contributed by atoms with Gasteiger partial charge in [-0.3, -0.25) is 4.79 Å². The molecule has 0 amide bonds. The third kappa shape index (κ3) is 3.12. The van der Waals surface area contributed by atoms with Gasteiger partial charge in [-0.15, -0.1) is 0 Å². The number of benzene rings is 1. The Morgan fingerprint density at radius 3 is 3.00 bits per heavy atom. The summed E-state index contributed by atoms with van der Waals surface area (Å²) in [5, 5.41) is 1.21. The number of ether oxygens (including phenoxy) is 1. The number of aryl methyl sites for hydroxylation is 1. The third-order valence-corrected chi connectivity index (χ3v) is 4.36. The van der Waals surface area contributed by atoms with E-state index in [0.717, 1.165) is 51.0 Å². The number of Topliss-reactive ketones (excluding diaryl/α,β-unsaturated/α-hetero) is 1. The minimum Gasteiger partial charge on any atom is -0.494 e. The fourth-order valence-electron chi connectivity index (χ4n) is 3.17. The number of carbonyl (C=O) groups excluding carboxylic acids is 1. The molecule has 1 unspecified atom stereocenters. The van der Waals surface area contributed by atoms with Gasteiger partial charge in [0.05, 0.1) is 6.61 Å². The van der Waals surface area contributed by atoms with E-state index in [-0.39, 0.29) is 5.92 Å². The van der Waals surface area contributed by atoms with Crippen molar-refractivity contribution in [2.75, 3.05) is 6.61 Å². The molecule has 1 aliphatic carbocycles. The molecule has 1 aromatic heterocycles. The van der Waals surface area contributed by atoms with Crippen LogP contribution in [0.2, 0.25) is 0 Å². The summed E-state index contributed by atoms with van der Waals surface area (Å²) >= 11 is 0. The van der Waals surface area contributed by atoms with Crippen molar-refractivity contribution in [1.29, 1.82) is 0 Å². The van der Waals surface area contributed by atoms with Gasteiger partial charge in [-0.25, -0.2) is 0 Å². The summed E-state index contributed by atoms with van der Waals surface area (Å²) in [5.41, 5.74) is 1.23. The van der Waals surface area contributed by atoms with Crippen molar-refractivity contribution >= 4 is 16.7 Å². The van der Waals surface area contributed by atoms with Crippen molar-refractivity contribution in [2.45, 2.75) is 45.6 Å². The van der Waals surface area contributed by atoms with Crippen LogP contribution >= 0.6 is 0 Å². The van der Waals surface area contributed by atoms with Crippen molar-refractivity contribution < 1.29 is 9.53 Å². The van der Waals surface area contributed by atoms with Crippen LogP contribution in [0, 0.1) is 5.92 Å². The molecule has 1 atom stereocenters. The zero-order valence-corrected chi connectivity index (χ0v) is 12.7. The highest BCUT2D eigenvalue weighted by Gasteiger charge is 2.23. The van der Waals surface area contributed by atoms with Crippen LogP contribution in [0.25, 0.3) is 10.9 Å². The zero-order valence-electron chi connectivity index (χ0n) is 12.7. The second-order valence-electron chi connectivity index (χ2n) is 5.92. The van der Waals surface area contributed by atoms with Gasteiger partial charge in [0, 0.05) is 36.0 Å². The zero-order chi connectivity index (χ0) is 14.7. The molecule has 0 N–H and O–H groups in total. The molecule has 0 spiro atoms. The average molecular weight is 285 g/mol. The Kier molecular flexibility index (Phi) is 4.28. The lowest BCUT2D eigenvalue weighted by molar-refractivity contribution is -0.120. The molecule has 3 heteroatoms. The SMILES string of the molecule is CCCOc1ccc2c(ccn2CCC2CCCC2=O)c1. The van der Waals surface area contributed by atoms with Gasteiger partial charge in [-0.05, 0) is 49.9 Å². The fraction of sp³-hybridized carbons (Fsp3) is 0.500. The summed E-state index contributed by atoms with van der Waals surface area (Å²) < 4.78 is 7.93. The lowest BCUT2D eigenvalue weighted by atomic mass is 10.0. The van der Waals surface area contributed by atoms with E-state index in [2.05, 4.69) is 35.9 Å². The average Bonchev–Trinajstić information content (AvgIpc) is 3.08. The molecule has 2 aromatic rings. The number of rotatable bonds is 6. The molecule has 1 aliphatic rings. The van der Waals surface area contributed by atoms with Crippen molar-refractivity contribution in [3.8, 4) is 5.75 Å². The first-order chi connectivity index (χ1) is 10.3. The van der Waals surface area contributed by atoms with Gasteiger partial charge < -0.3 is 9.30 Å². The van der Waals surface area contributed by atoms with E-state index in [0.29, 0.717) is 5.78 Å². The van der Waals surface area contributed by atoms with Crippen molar-refractivity contribution in [1.82, 2.24) is 4.57 Å². The van der Waals surface area contributed by atoms with E-state index in [4.69, 9.17) is 4.74 Å². The van der Waals surface area contributed by atoms with Gasteiger partial charge in [-0.2, -0.15) is 0 Å². The molecule has 112 valence electrons. The fourth-order valence-corrected chi connectivity index (χ4v) is 3.17. The van der Waals surface area contributed by atoms with Crippen molar-refractivity contribution in [3.63, 3.8) is 0 Å². The molecule has 1 saturated carbocycles. The van der Waals surface area contributed by atoms with Gasteiger partial charge in [0.1, 0.15) is 11.5 Å². The standard InChI is InChI=1S/C18H23NO2/c1-2-12-21-16-6-7-17-15(13-16)9-11-19(17)10-8-14-4-3-5-18(14)20/h6-7,9,11,13-14H,2-5,8,10,12H2,1H3.